The van der Waals surface area contributed by atoms with Crippen molar-refractivity contribution < 1.29 is 14.7 Å². The van der Waals surface area contributed by atoms with Crippen LogP contribution in [0, 0.1) is 0 Å². The molecular weight excluding hydrogens is 364 g/mol. The lowest BCUT2D eigenvalue weighted by Crippen LogP contribution is -2.42. The van der Waals surface area contributed by atoms with E-state index in [-0.39, 0.29) is 11.7 Å². The van der Waals surface area contributed by atoms with E-state index < -0.39 is 5.60 Å². The average Bonchev–Trinajstić information content (AvgIpc) is 2.75. The molecular formula is C24H28N2O3. The van der Waals surface area contributed by atoms with Crippen molar-refractivity contribution in [3.63, 3.8) is 0 Å². The van der Waals surface area contributed by atoms with E-state index in [4.69, 9.17) is 0 Å². The molecule has 2 N–H and O–H groups in total. The van der Waals surface area contributed by atoms with Crippen LogP contribution in [0.5, 0.6) is 0 Å². The fraction of sp³-hybridized carbons (Fsp3) is 0.417. The monoisotopic (exact) mass is 392 g/mol. The van der Waals surface area contributed by atoms with Gasteiger partial charge in [0.05, 0.1) is 5.60 Å². The predicted molar refractivity (Wildman–Crippen MR) is 113 cm³/mol. The number of aryl methyl sites for hydroxylation is 1. The van der Waals surface area contributed by atoms with Gasteiger partial charge in [0, 0.05) is 37.2 Å². The lowest BCUT2D eigenvalue weighted by Gasteiger charge is -2.38. The van der Waals surface area contributed by atoms with Crippen LogP contribution < -0.4 is 5.32 Å². The van der Waals surface area contributed by atoms with Crippen LogP contribution in [-0.2, 0) is 16.8 Å². The molecule has 0 atom stereocenters. The maximum atomic E-state index is 12.6. The summed E-state index contributed by atoms with van der Waals surface area (Å²) >= 11 is 0. The predicted octanol–water partition coefficient (Wildman–Crippen LogP) is 3.52. The molecule has 152 valence electrons. The van der Waals surface area contributed by atoms with Crippen LogP contribution in [0.1, 0.15) is 53.6 Å². The van der Waals surface area contributed by atoms with Crippen LogP contribution in [0.15, 0.2) is 48.5 Å². The first-order valence-corrected chi connectivity index (χ1v) is 10.5. The third-order valence-corrected chi connectivity index (χ3v) is 6.20. The number of Topliss-reactive ketones (excluding diaryl/α,β-unsaturated/α-hetero) is 1. The smallest absolute Gasteiger partial charge is 0.224 e. The zero-order valence-corrected chi connectivity index (χ0v) is 16.7. The second kappa shape index (κ2) is 8.47. The summed E-state index contributed by atoms with van der Waals surface area (Å²) in [6, 6.07) is 15.5. The number of fused-ring (bicyclic) bond motifs is 1. The Hall–Kier alpha value is -2.50. The minimum atomic E-state index is -0.730. The molecule has 5 nitrogen and oxygen atoms in total. The van der Waals surface area contributed by atoms with Gasteiger partial charge in [0.15, 0.2) is 5.78 Å². The second-order valence-electron chi connectivity index (χ2n) is 8.19. The minimum absolute atomic E-state index is 0.0391. The van der Waals surface area contributed by atoms with Crippen molar-refractivity contribution in [2.24, 2.45) is 0 Å². The highest BCUT2D eigenvalue weighted by Crippen LogP contribution is 2.32. The van der Waals surface area contributed by atoms with Gasteiger partial charge in [0.25, 0.3) is 0 Å². The number of amides is 1. The maximum Gasteiger partial charge on any atom is 0.224 e. The van der Waals surface area contributed by atoms with Crippen molar-refractivity contribution in [1.29, 1.82) is 0 Å². The molecule has 0 unspecified atom stereocenters. The van der Waals surface area contributed by atoms with Crippen LogP contribution in [0.3, 0.4) is 0 Å². The van der Waals surface area contributed by atoms with E-state index in [0.717, 1.165) is 61.3 Å². The van der Waals surface area contributed by atoms with Gasteiger partial charge in [-0.3, -0.25) is 9.59 Å². The molecule has 0 saturated carbocycles. The summed E-state index contributed by atoms with van der Waals surface area (Å²) in [5.41, 5.74) is 2.88. The minimum Gasteiger partial charge on any atom is -0.385 e. The van der Waals surface area contributed by atoms with Gasteiger partial charge in [-0.15, -0.1) is 0 Å². The van der Waals surface area contributed by atoms with Crippen molar-refractivity contribution in [3.8, 4) is 0 Å². The molecule has 1 fully saturated rings. The van der Waals surface area contributed by atoms with Gasteiger partial charge >= 0.3 is 0 Å². The van der Waals surface area contributed by atoms with Crippen LogP contribution in [0.2, 0.25) is 0 Å². The number of carbonyl (C=O) groups is 2. The number of anilines is 1. The first-order chi connectivity index (χ1) is 14.0. The molecule has 2 aliphatic heterocycles. The number of nitrogens with zero attached hydrogens (tertiary/aromatic N) is 1. The summed E-state index contributed by atoms with van der Waals surface area (Å²) in [6.07, 6.45) is 3.96. The molecule has 0 aromatic heterocycles. The Bertz CT molecular complexity index is 886. The van der Waals surface area contributed by atoms with E-state index in [2.05, 4.69) is 10.2 Å². The lowest BCUT2D eigenvalue weighted by atomic mass is 9.84. The Kier molecular flexibility index (Phi) is 5.79. The maximum absolute atomic E-state index is 12.6. The molecule has 2 aromatic carbocycles. The summed E-state index contributed by atoms with van der Waals surface area (Å²) < 4.78 is 0. The number of hydrogen-bond acceptors (Lipinski definition) is 4. The zero-order valence-electron chi connectivity index (χ0n) is 16.7. The van der Waals surface area contributed by atoms with Gasteiger partial charge in [-0.1, -0.05) is 30.3 Å². The second-order valence-corrected chi connectivity index (χ2v) is 8.19. The summed E-state index contributed by atoms with van der Waals surface area (Å²) in [6.45, 7) is 2.56. The van der Waals surface area contributed by atoms with Gasteiger partial charge in [-0.25, -0.2) is 0 Å². The van der Waals surface area contributed by atoms with Crippen molar-refractivity contribution in [1.82, 2.24) is 4.90 Å². The van der Waals surface area contributed by atoms with E-state index in [1.807, 2.05) is 48.5 Å². The average molecular weight is 392 g/mol. The zero-order chi connectivity index (χ0) is 20.3. The third-order valence-electron chi connectivity index (χ3n) is 6.20. The number of benzene rings is 2. The van der Waals surface area contributed by atoms with Crippen LogP contribution in [0.25, 0.3) is 0 Å². The number of piperidine rings is 1. The molecule has 0 bridgehead atoms. The number of aliphatic hydroxyl groups is 1. The summed E-state index contributed by atoms with van der Waals surface area (Å²) in [5, 5.41) is 13.8. The summed E-state index contributed by atoms with van der Waals surface area (Å²) in [5.74, 6) is 0.194. The standard InChI is InChI=1S/C24H28N2O3/c27-22(19-8-10-21-18(17-19)9-11-23(28)25-21)7-4-14-26-15-12-24(29,13-16-26)20-5-2-1-3-6-20/h1-3,5-6,8,10,17,29H,4,7,9,11-16H2,(H,25,28). The molecule has 2 aliphatic rings. The molecule has 5 heteroatoms. The number of likely N-dealkylation sites (tertiary alicyclic amines) is 1. The highest BCUT2D eigenvalue weighted by atomic mass is 16.3. The summed E-state index contributed by atoms with van der Waals surface area (Å²) in [4.78, 5) is 26.4. The van der Waals surface area contributed by atoms with E-state index >= 15 is 0 Å². The molecule has 1 amide bonds. The fourth-order valence-electron chi connectivity index (χ4n) is 4.35. The number of ketones is 1. The molecule has 0 radical (unpaired) electrons. The van der Waals surface area contributed by atoms with Crippen molar-refractivity contribution in [2.75, 3.05) is 25.0 Å². The van der Waals surface area contributed by atoms with E-state index in [0.29, 0.717) is 19.3 Å². The molecule has 0 aliphatic carbocycles. The molecule has 2 aromatic rings. The molecule has 0 spiro atoms. The number of hydrogen-bond donors (Lipinski definition) is 2. The molecule has 1 saturated heterocycles. The van der Waals surface area contributed by atoms with Crippen molar-refractivity contribution >= 4 is 17.4 Å². The molecule has 4 rings (SSSR count). The van der Waals surface area contributed by atoms with Gasteiger partial charge in [0.2, 0.25) is 5.91 Å². The molecule has 29 heavy (non-hydrogen) atoms. The fourth-order valence-corrected chi connectivity index (χ4v) is 4.35. The quantitative estimate of drug-likeness (QED) is 0.738. The van der Waals surface area contributed by atoms with Crippen LogP contribution in [0.4, 0.5) is 5.69 Å². The number of rotatable bonds is 6. The topological polar surface area (TPSA) is 69.6 Å². The number of carbonyl (C=O) groups excluding carboxylic acids is 2. The van der Waals surface area contributed by atoms with E-state index in [1.165, 1.54) is 0 Å². The van der Waals surface area contributed by atoms with Crippen LogP contribution >= 0.6 is 0 Å². The lowest BCUT2D eigenvalue weighted by molar-refractivity contribution is -0.116. The highest BCUT2D eigenvalue weighted by molar-refractivity contribution is 5.98. The van der Waals surface area contributed by atoms with Crippen molar-refractivity contribution in [2.45, 2.75) is 44.1 Å². The highest BCUT2D eigenvalue weighted by Gasteiger charge is 2.33. The summed E-state index contributed by atoms with van der Waals surface area (Å²) in [7, 11) is 0. The number of nitrogens with one attached hydrogen (secondary N) is 1. The molecule has 2 heterocycles. The van der Waals surface area contributed by atoms with Gasteiger partial charge in [-0.2, -0.15) is 0 Å². The largest absolute Gasteiger partial charge is 0.385 e. The SMILES string of the molecule is O=C1CCc2cc(C(=O)CCCN3CCC(O)(c4ccccc4)CC3)ccc2N1. The Morgan fingerprint density at radius 3 is 2.59 bits per heavy atom. The van der Waals surface area contributed by atoms with Gasteiger partial charge < -0.3 is 15.3 Å². The Labute approximate surface area is 171 Å². The Balaban J connectivity index is 1.25. The normalized spacial score (nSPS) is 18.7. The first kappa shape index (κ1) is 19.8. The van der Waals surface area contributed by atoms with Gasteiger partial charge in [0.1, 0.15) is 0 Å². The third kappa shape index (κ3) is 4.57. The Morgan fingerprint density at radius 1 is 1.07 bits per heavy atom. The van der Waals surface area contributed by atoms with E-state index in [1.54, 1.807) is 0 Å². The first-order valence-electron chi connectivity index (χ1n) is 10.5. The van der Waals surface area contributed by atoms with E-state index in [9.17, 15) is 14.7 Å². The Morgan fingerprint density at radius 2 is 1.83 bits per heavy atom. The van der Waals surface area contributed by atoms with Gasteiger partial charge in [-0.05, 0) is 61.6 Å². The van der Waals surface area contributed by atoms with Crippen LogP contribution in [-0.4, -0.2) is 41.3 Å². The van der Waals surface area contributed by atoms with Crippen molar-refractivity contribution in [3.05, 3.63) is 65.2 Å².